The van der Waals surface area contributed by atoms with Gasteiger partial charge in [0, 0.05) is 39.6 Å². The highest BCUT2D eigenvalue weighted by molar-refractivity contribution is 5.83. The smallest absolute Gasteiger partial charge is 0.228 e. The van der Waals surface area contributed by atoms with Crippen molar-refractivity contribution in [2.24, 2.45) is 5.92 Å². The molecule has 1 N–H and O–H groups in total. The van der Waals surface area contributed by atoms with Gasteiger partial charge in [-0.1, -0.05) is 0 Å². The van der Waals surface area contributed by atoms with E-state index in [1.807, 2.05) is 13.0 Å². The molecule has 1 unspecified atom stereocenters. The van der Waals surface area contributed by atoms with Gasteiger partial charge in [-0.3, -0.25) is 9.78 Å². The zero-order valence-electron chi connectivity index (χ0n) is 15.0. The van der Waals surface area contributed by atoms with Crippen LogP contribution in [0.3, 0.4) is 0 Å². The van der Waals surface area contributed by atoms with Crippen LogP contribution in [0.5, 0.6) is 0 Å². The van der Waals surface area contributed by atoms with Crippen molar-refractivity contribution in [1.82, 2.24) is 10.3 Å². The van der Waals surface area contributed by atoms with Crippen molar-refractivity contribution >= 4 is 17.9 Å². The predicted molar refractivity (Wildman–Crippen MR) is 93.4 cm³/mol. The molecular formula is C18H27N3O3. The number of hydrogen-bond donors (Lipinski definition) is 1. The van der Waals surface area contributed by atoms with E-state index in [-0.39, 0.29) is 11.8 Å². The van der Waals surface area contributed by atoms with Crippen molar-refractivity contribution in [2.75, 3.05) is 38.8 Å². The van der Waals surface area contributed by atoms with Crippen LogP contribution in [0.1, 0.15) is 35.7 Å². The SMILES string of the molecule is CNC(=O)C(CCC=O)c1cc(C)c(N2CC(COC)C2)c(C)n1. The molecule has 0 bridgehead atoms. The van der Waals surface area contributed by atoms with E-state index in [1.54, 1.807) is 14.2 Å². The van der Waals surface area contributed by atoms with Crippen LogP contribution in [0.15, 0.2) is 6.07 Å². The first kappa shape index (κ1) is 18.4. The average molecular weight is 333 g/mol. The lowest BCUT2D eigenvalue weighted by Gasteiger charge is -2.42. The molecule has 1 aromatic heterocycles. The number of nitrogens with zero attached hydrogens (tertiary/aromatic N) is 2. The van der Waals surface area contributed by atoms with Gasteiger partial charge in [0.25, 0.3) is 0 Å². The Morgan fingerprint density at radius 3 is 2.75 bits per heavy atom. The van der Waals surface area contributed by atoms with Crippen molar-refractivity contribution in [3.8, 4) is 0 Å². The highest BCUT2D eigenvalue weighted by Gasteiger charge is 2.30. The first-order valence-corrected chi connectivity index (χ1v) is 8.39. The Balaban J connectivity index is 2.21. The quantitative estimate of drug-likeness (QED) is 0.732. The summed E-state index contributed by atoms with van der Waals surface area (Å²) < 4.78 is 5.20. The van der Waals surface area contributed by atoms with Crippen LogP contribution < -0.4 is 10.2 Å². The van der Waals surface area contributed by atoms with Crippen LogP contribution in [0, 0.1) is 19.8 Å². The van der Waals surface area contributed by atoms with Crippen LogP contribution in [0.2, 0.25) is 0 Å². The topological polar surface area (TPSA) is 71.5 Å². The maximum atomic E-state index is 12.2. The molecule has 1 atom stereocenters. The average Bonchev–Trinajstić information content (AvgIpc) is 2.51. The van der Waals surface area contributed by atoms with E-state index >= 15 is 0 Å². The minimum atomic E-state index is -0.385. The van der Waals surface area contributed by atoms with Crippen molar-refractivity contribution < 1.29 is 14.3 Å². The van der Waals surface area contributed by atoms with Crippen LogP contribution in [0.25, 0.3) is 0 Å². The monoisotopic (exact) mass is 333 g/mol. The van der Waals surface area contributed by atoms with Gasteiger partial charge in [0.15, 0.2) is 0 Å². The summed E-state index contributed by atoms with van der Waals surface area (Å²) in [5, 5.41) is 2.67. The third-order valence-electron chi connectivity index (χ3n) is 4.55. The fraction of sp³-hybridized carbons (Fsp3) is 0.611. The number of nitrogens with one attached hydrogen (secondary N) is 1. The molecular weight excluding hydrogens is 306 g/mol. The number of aromatic nitrogens is 1. The maximum absolute atomic E-state index is 12.2. The van der Waals surface area contributed by atoms with Gasteiger partial charge in [0.1, 0.15) is 6.29 Å². The fourth-order valence-corrected chi connectivity index (χ4v) is 3.43. The van der Waals surface area contributed by atoms with Crippen LogP contribution >= 0.6 is 0 Å². The summed E-state index contributed by atoms with van der Waals surface area (Å²) >= 11 is 0. The number of hydrogen-bond acceptors (Lipinski definition) is 5. The highest BCUT2D eigenvalue weighted by Crippen LogP contribution is 2.32. The number of carbonyl (C=O) groups is 2. The Labute approximate surface area is 143 Å². The lowest BCUT2D eigenvalue weighted by Crippen LogP contribution is -2.49. The van der Waals surface area contributed by atoms with Crippen molar-refractivity contribution in [3.05, 3.63) is 23.0 Å². The highest BCUT2D eigenvalue weighted by atomic mass is 16.5. The summed E-state index contributed by atoms with van der Waals surface area (Å²) in [5.74, 6) is 0.0870. The number of pyridine rings is 1. The van der Waals surface area contributed by atoms with Crippen LogP contribution in [0.4, 0.5) is 5.69 Å². The van der Waals surface area contributed by atoms with E-state index in [4.69, 9.17) is 4.74 Å². The molecule has 0 radical (unpaired) electrons. The number of amides is 1. The zero-order valence-corrected chi connectivity index (χ0v) is 15.0. The van der Waals surface area contributed by atoms with Gasteiger partial charge in [0.05, 0.1) is 29.6 Å². The van der Waals surface area contributed by atoms with E-state index in [0.717, 1.165) is 48.6 Å². The molecule has 24 heavy (non-hydrogen) atoms. The Hall–Kier alpha value is -1.95. The van der Waals surface area contributed by atoms with Gasteiger partial charge in [0.2, 0.25) is 5.91 Å². The number of anilines is 1. The number of aryl methyl sites for hydroxylation is 2. The molecule has 2 rings (SSSR count). The van der Waals surface area contributed by atoms with Crippen molar-refractivity contribution in [1.29, 1.82) is 0 Å². The molecule has 0 spiro atoms. The van der Waals surface area contributed by atoms with Gasteiger partial charge in [-0.05, 0) is 31.9 Å². The Kier molecular flexibility index (Phi) is 6.31. The minimum Gasteiger partial charge on any atom is -0.384 e. The molecule has 1 fully saturated rings. The van der Waals surface area contributed by atoms with E-state index in [2.05, 4.69) is 22.1 Å². The number of ether oxygens (including phenoxy) is 1. The Bertz CT molecular complexity index is 574. The molecule has 0 saturated carbocycles. The second-order valence-corrected chi connectivity index (χ2v) is 6.44. The second-order valence-electron chi connectivity index (χ2n) is 6.44. The maximum Gasteiger partial charge on any atom is 0.228 e. The molecule has 1 aliphatic rings. The number of aldehydes is 1. The third kappa shape index (κ3) is 3.93. The Morgan fingerprint density at radius 2 is 2.21 bits per heavy atom. The van der Waals surface area contributed by atoms with Gasteiger partial charge < -0.3 is 19.7 Å². The predicted octanol–water partition coefficient (Wildman–Crippen LogP) is 1.59. The van der Waals surface area contributed by atoms with E-state index in [9.17, 15) is 9.59 Å². The Morgan fingerprint density at radius 1 is 1.50 bits per heavy atom. The minimum absolute atomic E-state index is 0.0972. The van der Waals surface area contributed by atoms with Gasteiger partial charge in [-0.25, -0.2) is 0 Å². The van der Waals surface area contributed by atoms with E-state index in [1.165, 1.54) is 0 Å². The largest absolute Gasteiger partial charge is 0.384 e. The van der Waals surface area contributed by atoms with Gasteiger partial charge >= 0.3 is 0 Å². The van der Waals surface area contributed by atoms with E-state index < -0.39 is 0 Å². The molecule has 6 nitrogen and oxygen atoms in total. The van der Waals surface area contributed by atoms with Crippen LogP contribution in [-0.4, -0.2) is 51.0 Å². The molecule has 0 aliphatic carbocycles. The number of carbonyl (C=O) groups excluding carboxylic acids is 2. The first-order chi connectivity index (χ1) is 11.5. The molecule has 1 saturated heterocycles. The fourth-order valence-electron chi connectivity index (χ4n) is 3.43. The summed E-state index contributed by atoms with van der Waals surface area (Å²) in [6.07, 6.45) is 1.68. The second kappa shape index (κ2) is 8.24. The summed E-state index contributed by atoms with van der Waals surface area (Å²) in [6.45, 7) is 6.76. The summed E-state index contributed by atoms with van der Waals surface area (Å²) in [5.41, 5.74) is 3.94. The van der Waals surface area contributed by atoms with Crippen molar-refractivity contribution in [2.45, 2.75) is 32.6 Å². The summed E-state index contributed by atoms with van der Waals surface area (Å²) in [6, 6.07) is 1.98. The molecule has 1 aromatic rings. The van der Waals surface area contributed by atoms with Gasteiger partial charge in [-0.15, -0.1) is 0 Å². The number of likely N-dealkylation sites (N-methyl/N-ethyl adjacent to an activating group) is 1. The number of rotatable bonds is 8. The zero-order chi connectivity index (χ0) is 17.7. The molecule has 0 aromatic carbocycles. The molecule has 2 heterocycles. The third-order valence-corrected chi connectivity index (χ3v) is 4.55. The van der Waals surface area contributed by atoms with Crippen molar-refractivity contribution in [3.63, 3.8) is 0 Å². The number of methoxy groups -OCH3 is 1. The molecule has 6 heteroatoms. The normalized spacial score (nSPS) is 15.8. The summed E-state index contributed by atoms with van der Waals surface area (Å²) in [7, 11) is 3.34. The standard InChI is InChI=1S/C18H27N3O3/c1-12-8-16(15(6-5-7-22)18(23)19-3)20-13(2)17(12)21-9-14(10-21)11-24-4/h7-8,14-15H,5-6,9-11H2,1-4H3,(H,19,23). The summed E-state index contributed by atoms with van der Waals surface area (Å²) in [4.78, 5) is 29.8. The lowest BCUT2D eigenvalue weighted by atomic mass is 9.94. The first-order valence-electron chi connectivity index (χ1n) is 8.39. The lowest BCUT2D eigenvalue weighted by molar-refractivity contribution is -0.122. The molecule has 132 valence electrons. The molecule has 1 amide bonds. The molecule has 1 aliphatic heterocycles. The van der Waals surface area contributed by atoms with Crippen LogP contribution in [-0.2, 0) is 14.3 Å². The van der Waals surface area contributed by atoms with Gasteiger partial charge in [-0.2, -0.15) is 0 Å². The van der Waals surface area contributed by atoms with E-state index in [0.29, 0.717) is 18.8 Å².